The summed E-state index contributed by atoms with van der Waals surface area (Å²) in [4.78, 5) is 6.42. The van der Waals surface area contributed by atoms with E-state index in [9.17, 15) is 8.78 Å². The Bertz CT molecular complexity index is 700. The van der Waals surface area contributed by atoms with Crippen molar-refractivity contribution in [2.45, 2.75) is 32.6 Å². The van der Waals surface area contributed by atoms with Crippen LogP contribution in [0.3, 0.4) is 0 Å². The SMILES string of the molecule is CCN(C)C=NC1=CC(Br)=CNC1(C)OC(C)c1cc(F)cc(F)c1. The summed E-state index contributed by atoms with van der Waals surface area (Å²) in [5, 5.41) is 3.15. The lowest BCUT2D eigenvalue weighted by atomic mass is 10.1. The molecule has 0 fully saturated rings. The molecule has 1 N–H and O–H groups in total. The van der Waals surface area contributed by atoms with Crippen molar-refractivity contribution in [2.75, 3.05) is 13.6 Å². The van der Waals surface area contributed by atoms with Crippen molar-refractivity contribution in [3.05, 3.63) is 57.9 Å². The molecule has 0 amide bonds. The molecule has 2 unspecified atom stereocenters. The first-order valence-electron chi connectivity index (χ1n) is 7.97. The Morgan fingerprint density at radius 2 is 2.00 bits per heavy atom. The molecule has 0 radical (unpaired) electrons. The van der Waals surface area contributed by atoms with Crippen LogP contribution in [0.5, 0.6) is 0 Å². The van der Waals surface area contributed by atoms with Gasteiger partial charge in [0.1, 0.15) is 11.6 Å². The van der Waals surface area contributed by atoms with Crippen LogP contribution in [0, 0.1) is 11.6 Å². The summed E-state index contributed by atoms with van der Waals surface area (Å²) >= 11 is 3.41. The Morgan fingerprint density at radius 1 is 1.36 bits per heavy atom. The first-order valence-corrected chi connectivity index (χ1v) is 8.76. The van der Waals surface area contributed by atoms with Gasteiger partial charge in [0.2, 0.25) is 0 Å². The largest absolute Gasteiger partial charge is 0.366 e. The normalized spacial score (nSPS) is 21.6. The molecule has 4 nitrogen and oxygen atoms in total. The summed E-state index contributed by atoms with van der Waals surface area (Å²) in [7, 11) is 1.92. The summed E-state index contributed by atoms with van der Waals surface area (Å²) in [6, 6.07) is 3.37. The highest BCUT2D eigenvalue weighted by Crippen LogP contribution is 2.32. The fraction of sp³-hybridized carbons (Fsp3) is 0.389. The molecule has 0 spiro atoms. The molecule has 0 saturated heterocycles. The minimum atomic E-state index is -0.940. The quantitative estimate of drug-likeness (QED) is 0.552. The molecule has 0 saturated carbocycles. The van der Waals surface area contributed by atoms with Gasteiger partial charge in [0.05, 0.1) is 18.1 Å². The van der Waals surface area contributed by atoms with Gasteiger partial charge in [-0.15, -0.1) is 0 Å². The third kappa shape index (κ3) is 5.12. The van der Waals surface area contributed by atoms with Crippen molar-refractivity contribution in [1.29, 1.82) is 0 Å². The van der Waals surface area contributed by atoms with Crippen LogP contribution in [0.15, 0.2) is 45.6 Å². The number of benzene rings is 1. The number of nitrogens with one attached hydrogen (secondary N) is 1. The summed E-state index contributed by atoms with van der Waals surface area (Å²) in [6.07, 6.45) is 4.76. The van der Waals surface area contributed by atoms with Gasteiger partial charge in [-0.1, -0.05) is 0 Å². The van der Waals surface area contributed by atoms with Gasteiger partial charge in [-0.2, -0.15) is 0 Å². The Morgan fingerprint density at radius 3 is 2.60 bits per heavy atom. The fourth-order valence-corrected chi connectivity index (χ4v) is 2.65. The maximum absolute atomic E-state index is 13.5. The van der Waals surface area contributed by atoms with Gasteiger partial charge in [0.25, 0.3) is 0 Å². The van der Waals surface area contributed by atoms with Gasteiger partial charge in [-0.3, -0.25) is 0 Å². The second kappa shape index (κ2) is 8.10. The minimum absolute atomic E-state index is 0.420. The van der Waals surface area contributed by atoms with Crippen LogP contribution in [0.2, 0.25) is 0 Å². The summed E-state index contributed by atoms with van der Waals surface area (Å²) in [6.45, 7) is 6.40. The van der Waals surface area contributed by atoms with Crippen LogP contribution >= 0.6 is 15.9 Å². The molecule has 1 aliphatic rings. The maximum atomic E-state index is 13.5. The Balaban J connectivity index is 2.25. The Kier molecular flexibility index (Phi) is 6.35. The number of hydrogen-bond donors (Lipinski definition) is 1. The number of rotatable bonds is 6. The van der Waals surface area contributed by atoms with Crippen LogP contribution in [-0.2, 0) is 4.74 Å². The minimum Gasteiger partial charge on any atom is -0.366 e. The predicted molar refractivity (Wildman–Crippen MR) is 99.3 cm³/mol. The topological polar surface area (TPSA) is 36.9 Å². The van der Waals surface area contributed by atoms with Crippen LogP contribution in [0.1, 0.15) is 32.4 Å². The van der Waals surface area contributed by atoms with Crippen LogP contribution in [0.25, 0.3) is 0 Å². The number of dihydropyridines is 1. The highest BCUT2D eigenvalue weighted by Gasteiger charge is 2.34. The number of halogens is 3. The monoisotopic (exact) mass is 413 g/mol. The summed E-state index contributed by atoms with van der Waals surface area (Å²) < 4.78 is 33.9. The molecule has 2 rings (SSSR count). The molecule has 1 heterocycles. The molecule has 0 aromatic heterocycles. The Hall–Kier alpha value is -1.73. The molecule has 136 valence electrons. The number of aliphatic imine (C=N–C) groups is 1. The van der Waals surface area contributed by atoms with Crippen molar-refractivity contribution >= 4 is 22.3 Å². The van der Waals surface area contributed by atoms with Crippen molar-refractivity contribution in [2.24, 2.45) is 4.99 Å². The molecule has 25 heavy (non-hydrogen) atoms. The zero-order chi connectivity index (χ0) is 18.6. The molecular weight excluding hydrogens is 392 g/mol. The maximum Gasteiger partial charge on any atom is 0.179 e. The van der Waals surface area contributed by atoms with Gasteiger partial charge in [0, 0.05) is 30.3 Å². The predicted octanol–water partition coefficient (Wildman–Crippen LogP) is 4.46. The average Bonchev–Trinajstić information content (AvgIpc) is 2.54. The molecule has 1 aliphatic heterocycles. The van der Waals surface area contributed by atoms with E-state index in [0.29, 0.717) is 11.3 Å². The molecule has 2 atom stereocenters. The van der Waals surface area contributed by atoms with Gasteiger partial charge in [-0.05, 0) is 60.5 Å². The molecule has 7 heteroatoms. The second-order valence-electron chi connectivity index (χ2n) is 6.02. The van der Waals surface area contributed by atoms with Crippen molar-refractivity contribution in [1.82, 2.24) is 10.2 Å². The lowest BCUT2D eigenvalue weighted by Crippen LogP contribution is -2.45. The highest BCUT2D eigenvalue weighted by molar-refractivity contribution is 9.11. The molecule has 1 aromatic carbocycles. The van der Waals surface area contributed by atoms with E-state index in [0.717, 1.165) is 17.1 Å². The zero-order valence-corrected chi connectivity index (χ0v) is 16.3. The van der Waals surface area contributed by atoms with Crippen LogP contribution in [0.4, 0.5) is 8.78 Å². The van der Waals surface area contributed by atoms with Crippen molar-refractivity contribution in [3.63, 3.8) is 0 Å². The summed E-state index contributed by atoms with van der Waals surface area (Å²) in [5.41, 5.74) is 0.124. The molecule has 1 aromatic rings. The number of allylic oxidation sites excluding steroid dienone is 2. The van der Waals surface area contributed by atoms with Gasteiger partial charge in [-0.25, -0.2) is 13.8 Å². The number of hydrogen-bond acceptors (Lipinski definition) is 3. The van der Waals surface area contributed by atoms with E-state index in [1.54, 1.807) is 19.5 Å². The highest BCUT2D eigenvalue weighted by atomic mass is 79.9. The molecular formula is C18H22BrF2N3O. The summed E-state index contributed by atoms with van der Waals surface area (Å²) in [5.74, 6) is -1.26. The lowest BCUT2D eigenvalue weighted by molar-refractivity contribution is -0.0681. The van der Waals surface area contributed by atoms with E-state index < -0.39 is 23.5 Å². The van der Waals surface area contributed by atoms with Gasteiger partial charge < -0.3 is 15.0 Å². The first kappa shape index (κ1) is 19.6. The average molecular weight is 414 g/mol. The lowest BCUT2D eigenvalue weighted by Gasteiger charge is -2.36. The number of nitrogens with zero attached hydrogens (tertiary/aromatic N) is 2. The third-order valence-electron chi connectivity index (χ3n) is 3.91. The standard InChI is InChI=1S/C18H22BrF2N3O/c1-5-24(4)11-22-17-8-14(19)10-23-18(17,3)25-12(2)13-6-15(20)9-16(21)7-13/h6-12,23H,5H2,1-4H3. The fourth-order valence-electron chi connectivity index (χ4n) is 2.32. The van der Waals surface area contributed by atoms with E-state index in [2.05, 4.69) is 26.2 Å². The van der Waals surface area contributed by atoms with Crippen molar-refractivity contribution < 1.29 is 13.5 Å². The van der Waals surface area contributed by atoms with Gasteiger partial charge >= 0.3 is 0 Å². The van der Waals surface area contributed by atoms with E-state index in [-0.39, 0.29) is 0 Å². The number of ether oxygens (including phenoxy) is 1. The Labute approximate surface area is 155 Å². The van der Waals surface area contributed by atoms with E-state index in [1.165, 1.54) is 12.1 Å². The molecule has 0 bridgehead atoms. The van der Waals surface area contributed by atoms with E-state index in [4.69, 9.17) is 4.74 Å². The van der Waals surface area contributed by atoms with Crippen molar-refractivity contribution in [3.8, 4) is 0 Å². The van der Waals surface area contributed by atoms with E-state index >= 15 is 0 Å². The smallest absolute Gasteiger partial charge is 0.179 e. The molecule has 0 aliphatic carbocycles. The second-order valence-corrected chi connectivity index (χ2v) is 6.93. The zero-order valence-electron chi connectivity index (χ0n) is 14.7. The van der Waals surface area contributed by atoms with Gasteiger partial charge in [0.15, 0.2) is 5.72 Å². The van der Waals surface area contributed by atoms with Crippen LogP contribution in [-0.4, -0.2) is 30.6 Å². The third-order valence-corrected chi connectivity index (χ3v) is 4.37. The first-order chi connectivity index (χ1) is 11.7. The van der Waals surface area contributed by atoms with E-state index in [1.807, 2.05) is 31.9 Å². The van der Waals surface area contributed by atoms with Crippen LogP contribution < -0.4 is 5.32 Å².